The van der Waals surface area contributed by atoms with Crippen molar-refractivity contribution in [3.63, 3.8) is 0 Å². The molecular weight excluding hydrogens is 230 g/mol. The molecule has 0 saturated carbocycles. The van der Waals surface area contributed by atoms with E-state index in [9.17, 15) is 0 Å². The minimum absolute atomic E-state index is 0.151. The molecule has 2 aromatic rings. The summed E-state index contributed by atoms with van der Waals surface area (Å²) < 4.78 is 11.0. The van der Waals surface area contributed by atoms with Gasteiger partial charge in [-0.05, 0) is 24.6 Å². The van der Waals surface area contributed by atoms with Crippen LogP contribution in [0, 0.1) is 0 Å². The van der Waals surface area contributed by atoms with Crippen molar-refractivity contribution in [2.75, 3.05) is 6.54 Å². The van der Waals surface area contributed by atoms with Crippen LogP contribution in [0.3, 0.4) is 0 Å². The van der Waals surface area contributed by atoms with Crippen molar-refractivity contribution in [2.24, 2.45) is 5.73 Å². The van der Waals surface area contributed by atoms with Gasteiger partial charge in [0.1, 0.15) is 5.75 Å². The van der Waals surface area contributed by atoms with Gasteiger partial charge in [0.2, 0.25) is 0 Å². The highest BCUT2D eigenvalue weighted by atomic mass is 16.5. The highest BCUT2D eigenvalue weighted by Gasteiger charge is 2.28. The fourth-order valence-electron chi connectivity index (χ4n) is 2.08. The maximum absolute atomic E-state index is 5.79. The molecule has 1 aliphatic heterocycles. The van der Waals surface area contributed by atoms with Crippen LogP contribution in [0.1, 0.15) is 29.8 Å². The van der Waals surface area contributed by atoms with Crippen LogP contribution in [-0.4, -0.2) is 16.7 Å². The highest BCUT2D eigenvalue weighted by molar-refractivity contribution is 5.37. The number of aryl methyl sites for hydroxylation is 1. The standard InChI is InChI=1S/C13H15N3O2/c14-7-3-6-12-15-13(18-16-12)11-8-9-4-1-2-5-10(9)17-11/h1-2,4-5,11H,3,6-8,14H2. The first kappa shape index (κ1) is 11.2. The zero-order valence-corrected chi connectivity index (χ0v) is 10.0. The van der Waals surface area contributed by atoms with Gasteiger partial charge in [0, 0.05) is 12.8 Å². The lowest BCUT2D eigenvalue weighted by atomic mass is 10.1. The number of nitrogens with zero attached hydrogens (tertiary/aromatic N) is 2. The second-order valence-corrected chi connectivity index (χ2v) is 4.36. The summed E-state index contributed by atoms with van der Waals surface area (Å²) in [5.74, 6) is 2.16. The number of nitrogens with two attached hydrogens (primary N) is 1. The van der Waals surface area contributed by atoms with Gasteiger partial charge in [-0.2, -0.15) is 4.98 Å². The van der Waals surface area contributed by atoms with Gasteiger partial charge in [-0.3, -0.25) is 0 Å². The average molecular weight is 245 g/mol. The fraction of sp³-hybridized carbons (Fsp3) is 0.385. The number of fused-ring (bicyclic) bond motifs is 1. The van der Waals surface area contributed by atoms with Crippen LogP contribution in [0.2, 0.25) is 0 Å². The Morgan fingerprint density at radius 2 is 2.22 bits per heavy atom. The summed E-state index contributed by atoms with van der Waals surface area (Å²) >= 11 is 0. The number of aromatic nitrogens is 2. The van der Waals surface area contributed by atoms with Gasteiger partial charge in [-0.15, -0.1) is 0 Å². The van der Waals surface area contributed by atoms with E-state index in [0.29, 0.717) is 18.3 Å². The number of rotatable bonds is 4. The van der Waals surface area contributed by atoms with Crippen molar-refractivity contribution in [1.82, 2.24) is 10.1 Å². The molecule has 1 aromatic carbocycles. The number of hydrogen-bond acceptors (Lipinski definition) is 5. The molecule has 0 bridgehead atoms. The topological polar surface area (TPSA) is 74.2 Å². The molecule has 3 rings (SSSR count). The lowest BCUT2D eigenvalue weighted by Gasteiger charge is -2.03. The number of ether oxygens (including phenoxy) is 1. The molecule has 0 fully saturated rings. The van der Waals surface area contributed by atoms with Crippen molar-refractivity contribution in [1.29, 1.82) is 0 Å². The van der Waals surface area contributed by atoms with Crippen LogP contribution in [0.5, 0.6) is 5.75 Å². The molecule has 18 heavy (non-hydrogen) atoms. The fourth-order valence-corrected chi connectivity index (χ4v) is 2.08. The van der Waals surface area contributed by atoms with Gasteiger partial charge >= 0.3 is 0 Å². The summed E-state index contributed by atoms with van der Waals surface area (Å²) in [5.41, 5.74) is 6.64. The van der Waals surface area contributed by atoms with Crippen molar-refractivity contribution in [3.05, 3.63) is 41.5 Å². The molecule has 0 amide bonds. The second-order valence-electron chi connectivity index (χ2n) is 4.36. The zero-order valence-electron chi connectivity index (χ0n) is 10.0. The van der Waals surface area contributed by atoms with E-state index < -0.39 is 0 Å². The highest BCUT2D eigenvalue weighted by Crippen LogP contribution is 2.35. The molecule has 1 aliphatic rings. The van der Waals surface area contributed by atoms with Crippen LogP contribution >= 0.6 is 0 Å². The summed E-state index contributed by atoms with van der Waals surface area (Å²) in [6.07, 6.45) is 2.25. The van der Waals surface area contributed by atoms with Gasteiger partial charge in [0.15, 0.2) is 11.9 Å². The maximum Gasteiger partial charge on any atom is 0.268 e. The first-order valence-electron chi connectivity index (χ1n) is 6.14. The monoisotopic (exact) mass is 245 g/mol. The van der Waals surface area contributed by atoms with Crippen molar-refractivity contribution in [3.8, 4) is 5.75 Å². The van der Waals surface area contributed by atoms with Crippen LogP contribution in [-0.2, 0) is 12.8 Å². The maximum atomic E-state index is 5.79. The third kappa shape index (κ3) is 2.09. The van der Waals surface area contributed by atoms with E-state index in [-0.39, 0.29) is 6.10 Å². The van der Waals surface area contributed by atoms with Crippen molar-refractivity contribution < 1.29 is 9.26 Å². The van der Waals surface area contributed by atoms with Gasteiger partial charge in [-0.1, -0.05) is 23.4 Å². The van der Waals surface area contributed by atoms with Crippen LogP contribution in [0.25, 0.3) is 0 Å². The predicted molar refractivity (Wildman–Crippen MR) is 65.2 cm³/mol. The van der Waals surface area contributed by atoms with E-state index in [2.05, 4.69) is 16.2 Å². The smallest absolute Gasteiger partial charge is 0.268 e. The zero-order chi connectivity index (χ0) is 12.4. The third-order valence-electron chi connectivity index (χ3n) is 3.01. The Bertz CT molecular complexity index is 514. The Labute approximate surface area is 105 Å². The van der Waals surface area contributed by atoms with Gasteiger partial charge in [-0.25, -0.2) is 0 Å². The van der Waals surface area contributed by atoms with Gasteiger partial charge < -0.3 is 15.0 Å². The molecule has 5 nitrogen and oxygen atoms in total. The molecule has 0 spiro atoms. The SMILES string of the molecule is NCCCc1noc(C2Cc3ccccc3O2)n1. The van der Waals surface area contributed by atoms with E-state index in [1.165, 1.54) is 5.56 Å². The third-order valence-corrected chi connectivity index (χ3v) is 3.01. The molecule has 0 saturated heterocycles. The van der Waals surface area contributed by atoms with Crippen molar-refractivity contribution >= 4 is 0 Å². The van der Waals surface area contributed by atoms with Crippen LogP contribution in [0.15, 0.2) is 28.8 Å². The molecule has 5 heteroatoms. The molecular formula is C13H15N3O2. The molecule has 0 radical (unpaired) electrons. The number of para-hydroxylation sites is 1. The van der Waals surface area contributed by atoms with E-state index in [0.717, 1.165) is 25.0 Å². The Morgan fingerprint density at radius 3 is 3.06 bits per heavy atom. The Hall–Kier alpha value is -1.88. The van der Waals surface area contributed by atoms with E-state index in [1.807, 2.05) is 18.2 Å². The van der Waals surface area contributed by atoms with E-state index in [4.69, 9.17) is 15.0 Å². The summed E-state index contributed by atoms with van der Waals surface area (Å²) in [6.45, 7) is 0.634. The Morgan fingerprint density at radius 1 is 1.33 bits per heavy atom. The normalized spacial score (nSPS) is 17.5. The summed E-state index contributed by atoms with van der Waals surface area (Å²) in [5, 5.41) is 3.94. The Kier molecular flexibility index (Phi) is 2.98. The summed E-state index contributed by atoms with van der Waals surface area (Å²) in [7, 11) is 0. The number of benzene rings is 1. The van der Waals surface area contributed by atoms with Gasteiger partial charge in [0.05, 0.1) is 0 Å². The molecule has 1 aromatic heterocycles. The molecule has 2 heterocycles. The van der Waals surface area contributed by atoms with E-state index >= 15 is 0 Å². The lowest BCUT2D eigenvalue weighted by molar-refractivity contribution is 0.183. The lowest BCUT2D eigenvalue weighted by Crippen LogP contribution is -2.04. The minimum atomic E-state index is -0.151. The Balaban J connectivity index is 1.72. The summed E-state index contributed by atoms with van der Waals surface area (Å²) in [6, 6.07) is 7.98. The van der Waals surface area contributed by atoms with Crippen LogP contribution in [0.4, 0.5) is 0 Å². The second kappa shape index (κ2) is 4.78. The molecule has 1 unspecified atom stereocenters. The largest absolute Gasteiger partial charge is 0.480 e. The van der Waals surface area contributed by atoms with Gasteiger partial charge in [0.25, 0.3) is 5.89 Å². The quantitative estimate of drug-likeness (QED) is 0.886. The first-order valence-corrected chi connectivity index (χ1v) is 6.14. The van der Waals surface area contributed by atoms with Crippen molar-refractivity contribution in [2.45, 2.75) is 25.4 Å². The first-order chi connectivity index (χ1) is 8.86. The average Bonchev–Trinajstić information content (AvgIpc) is 3.02. The molecule has 1 atom stereocenters. The van der Waals surface area contributed by atoms with E-state index in [1.54, 1.807) is 0 Å². The minimum Gasteiger partial charge on any atom is -0.480 e. The molecule has 0 aliphatic carbocycles. The van der Waals surface area contributed by atoms with Crippen LogP contribution < -0.4 is 10.5 Å². The molecule has 94 valence electrons. The predicted octanol–water partition coefficient (Wildman–Crippen LogP) is 1.64. The summed E-state index contributed by atoms with van der Waals surface area (Å²) in [4.78, 5) is 4.35. The molecule has 2 N–H and O–H groups in total. The number of hydrogen-bond donors (Lipinski definition) is 1.